The molecule has 0 aliphatic carbocycles. The summed E-state index contributed by atoms with van der Waals surface area (Å²) in [6.07, 6.45) is 2.26. The number of aromatic amines is 1. The number of carbonyl (C=O) groups is 1. The Labute approximate surface area is 107 Å². The number of hydrogen-bond acceptors (Lipinski definition) is 1. The lowest BCUT2D eigenvalue weighted by molar-refractivity contribution is 0.0794. The Balaban J connectivity index is 2.11. The molecule has 18 heavy (non-hydrogen) atoms. The van der Waals surface area contributed by atoms with Crippen LogP contribution in [-0.4, -0.2) is 28.9 Å². The van der Waals surface area contributed by atoms with E-state index in [0.717, 1.165) is 48.1 Å². The average molecular weight is 242 g/mol. The van der Waals surface area contributed by atoms with Crippen molar-refractivity contribution >= 4 is 16.8 Å². The van der Waals surface area contributed by atoms with Crippen molar-refractivity contribution in [2.75, 3.05) is 13.1 Å². The van der Waals surface area contributed by atoms with Gasteiger partial charge < -0.3 is 9.88 Å². The van der Waals surface area contributed by atoms with E-state index in [2.05, 4.69) is 24.9 Å². The molecule has 1 aromatic heterocycles. The van der Waals surface area contributed by atoms with Crippen molar-refractivity contribution in [3.8, 4) is 0 Å². The van der Waals surface area contributed by atoms with Crippen LogP contribution >= 0.6 is 0 Å². The molecule has 1 saturated heterocycles. The van der Waals surface area contributed by atoms with Gasteiger partial charge in [0.25, 0.3) is 5.91 Å². The van der Waals surface area contributed by atoms with Crippen LogP contribution in [0.2, 0.25) is 0 Å². The second kappa shape index (κ2) is 4.16. The highest BCUT2D eigenvalue weighted by molar-refractivity contribution is 6.06. The molecule has 1 amide bonds. The van der Waals surface area contributed by atoms with Gasteiger partial charge in [-0.2, -0.15) is 0 Å². The molecule has 1 N–H and O–H groups in total. The maximum absolute atomic E-state index is 12.5. The third kappa shape index (κ3) is 1.62. The average Bonchev–Trinajstić information content (AvgIpc) is 2.99. The van der Waals surface area contributed by atoms with Gasteiger partial charge in [-0.05, 0) is 38.3 Å². The molecule has 94 valence electrons. The topological polar surface area (TPSA) is 36.1 Å². The highest BCUT2D eigenvalue weighted by Gasteiger charge is 2.22. The molecule has 2 heterocycles. The molecule has 3 nitrogen and oxygen atoms in total. The Morgan fingerprint density at radius 3 is 2.67 bits per heavy atom. The Morgan fingerprint density at radius 2 is 1.94 bits per heavy atom. The summed E-state index contributed by atoms with van der Waals surface area (Å²) in [6.45, 7) is 5.94. The van der Waals surface area contributed by atoms with Crippen molar-refractivity contribution in [3.63, 3.8) is 0 Å². The van der Waals surface area contributed by atoms with E-state index in [1.165, 1.54) is 5.56 Å². The van der Waals surface area contributed by atoms with E-state index >= 15 is 0 Å². The summed E-state index contributed by atoms with van der Waals surface area (Å²) in [6, 6.07) is 5.99. The molecular weight excluding hydrogens is 224 g/mol. The maximum Gasteiger partial charge on any atom is 0.255 e. The van der Waals surface area contributed by atoms with Crippen LogP contribution < -0.4 is 0 Å². The van der Waals surface area contributed by atoms with Gasteiger partial charge in [-0.1, -0.05) is 12.1 Å². The lowest BCUT2D eigenvalue weighted by Crippen LogP contribution is -2.27. The number of rotatable bonds is 1. The monoisotopic (exact) mass is 242 g/mol. The molecule has 1 fully saturated rings. The quantitative estimate of drug-likeness (QED) is 0.819. The number of amides is 1. The molecule has 1 aromatic carbocycles. The summed E-state index contributed by atoms with van der Waals surface area (Å²) < 4.78 is 0. The lowest BCUT2D eigenvalue weighted by Gasteiger charge is -2.15. The first kappa shape index (κ1) is 11.3. The molecule has 0 bridgehead atoms. The number of nitrogens with one attached hydrogen (secondary N) is 1. The number of aryl methyl sites for hydroxylation is 2. The minimum Gasteiger partial charge on any atom is -0.358 e. The molecule has 2 aromatic rings. The van der Waals surface area contributed by atoms with Crippen LogP contribution in [0.5, 0.6) is 0 Å². The number of para-hydroxylation sites is 1. The van der Waals surface area contributed by atoms with Gasteiger partial charge in [0, 0.05) is 24.2 Å². The van der Waals surface area contributed by atoms with E-state index in [1.54, 1.807) is 0 Å². The van der Waals surface area contributed by atoms with E-state index in [9.17, 15) is 4.79 Å². The summed E-state index contributed by atoms with van der Waals surface area (Å²) >= 11 is 0. The van der Waals surface area contributed by atoms with Crippen LogP contribution in [0.1, 0.15) is 34.5 Å². The minimum absolute atomic E-state index is 0.166. The van der Waals surface area contributed by atoms with E-state index in [1.807, 2.05) is 17.0 Å². The van der Waals surface area contributed by atoms with Crippen molar-refractivity contribution in [2.24, 2.45) is 0 Å². The van der Waals surface area contributed by atoms with Crippen LogP contribution in [0.25, 0.3) is 10.9 Å². The fourth-order valence-electron chi connectivity index (χ4n) is 2.75. The van der Waals surface area contributed by atoms with E-state index in [0.29, 0.717) is 0 Å². The molecule has 0 spiro atoms. The Bertz CT molecular complexity index is 606. The van der Waals surface area contributed by atoms with Crippen LogP contribution in [0, 0.1) is 13.8 Å². The maximum atomic E-state index is 12.5. The normalized spacial score (nSPS) is 15.6. The van der Waals surface area contributed by atoms with Gasteiger partial charge in [-0.25, -0.2) is 0 Å². The third-order valence-electron chi connectivity index (χ3n) is 3.97. The lowest BCUT2D eigenvalue weighted by atomic mass is 10.1. The Morgan fingerprint density at radius 1 is 1.22 bits per heavy atom. The van der Waals surface area contributed by atoms with Gasteiger partial charge in [0.05, 0.1) is 11.1 Å². The number of nitrogens with zero attached hydrogens (tertiary/aromatic N) is 1. The van der Waals surface area contributed by atoms with Crippen molar-refractivity contribution in [2.45, 2.75) is 26.7 Å². The molecule has 1 aliphatic rings. The second-order valence-electron chi connectivity index (χ2n) is 5.10. The van der Waals surface area contributed by atoms with Gasteiger partial charge in [-0.3, -0.25) is 4.79 Å². The van der Waals surface area contributed by atoms with E-state index < -0.39 is 0 Å². The molecular formula is C15H18N2O. The zero-order valence-electron chi connectivity index (χ0n) is 10.9. The van der Waals surface area contributed by atoms with Gasteiger partial charge in [-0.15, -0.1) is 0 Å². The first-order valence-electron chi connectivity index (χ1n) is 6.55. The van der Waals surface area contributed by atoms with Crippen molar-refractivity contribution < 1.29 is 4.79 Å². The molecule has 0 atom stereocenters. The standard InChI is InChI=1S/C15H18N2O/c1-10-11(2)16-14-12(10)6-5-7-13(14)15(18)17-8-3-4-9-17/h5-7,16H,3-4,8-9H2,1-2H3. The summed E-state index contributed by atoms with van der Waals surface area (Å²) in [4.78, 5) is 17.8. The largest absolute Gasteiger partial charge is 0.358 e. The van der Waals surface area contributed by atoms with Crippen LogP contribution in [0.4, 0.5) is 0 Å². The highest BCUT2D eigenvalue weighted by Crippen LogP contribution is 2.25. The first-order chi connectivity index (χ1) is 8.68. The number of fused-ring (bicyclic) bond motifs is 1. The van der Waals surface area contributed by atoms with Gasteiger partial charge >= 0.3 is 0 Å². The predicted molar refractivity (Wildman–Crippen MR) is 72.9 cm³/mol. The minimum atomic E-state index is 0.166. The fourth-order valence-corrected chi connectivity index (χ4v) is 2.75. The zero-order valence-corrected chi connectivity index (χ0v) is 10.9. The van der Waals surface area contributed by atoms with Gasteiger partial charge in [0.15, 0.2) is 0 Å². The SMILES string of the molecule is Cc1[nH]c2c(C(=O)N3CCCC3)cccc2c1C. The summed E-state index contributed by atoms with van der Waals surface area (Å²) in [5.74, 6) is 0.166. The van der Waals surface area contributed by atoms with Crippen molar-refractivity contribution in [1.82, 2.24) is 9.88 Å². The van der Waals surface area contributed by atoms with E-state index in [4.69, 9.17) is 0 Å². The Kier molecular flexibility index (Phi) is 2.62. The summed E-state index contributed by atoms with van der Waals surface area (Å²) in [7, 11) is 0. The predicted octanol–water partition coefficient (Wildman–Crippen LogP) is 3.02. The molecule has 0 radical (unpaired) electrons. The third-order valence-corrected chi connectivity index (χ3v) is 3.97. The highest BCUT2D eigenvalue weighted by atomic mass is 16.2. The molecule has 3 rings (SSSR count). The van der Waals surface area contributed by atoms with Crippen LogP contribution in [-0.2, 0) is 0 Å². The number of H-pyrrole nitrogens is 1. The van der Waals surface area contributed by atoms with Crippen molar-refractivity contribution in [3.05, 3.63) is 35.0 Å². The van der Waals surface area contributed by atoms with Crippen molar-refractivity contribution in [1.29, 1.82) is 0 Å². The number of hydrogen-bond donors (Lipinski definition) is 1. The summed E-state index contributed by atoms with van der Waals surface area (Å²) in [5.41, 5.74) is 4.18. The number of benzene rings is 1. The molecule has 3 heteroatoms. The smallest absolute Gasteiger partial charge is 0.255 e. The molecule has 1 aliphatic heterocycles. The second-order valence-corrected chi connectivity index (χ2v) is 5.10. The Hall–Kier alpha value is -1.77. The molecule has 0 unspecified atom stereocenters. The zero-order chi connectivity index (χ0) is 12.7. The molecule has 0 saturated carbocycles. The van der Waals surface area contributed by atoms with Gasteiger partial charge in [0.2, 0.25) is 0 Å². The van der Waals surface area contributed by atoms with Gasteiger partial charge in [0.1, 0.15) is 0 Å². The first-order valence-corrected chi connectivity index (χ1v) is 6.55. The van der Waals surface area contributed by atoms with Crippen LogP contribution in [0.15, 0.2) is 18.2 Å². The van der Waals surface area contributed by atoms with E-state index in [-0.39, 0.29) is 5.91 Å². The summed E-state index contributed by atoms with van der Waals surface area (Å²) in [5, 5.41) is 1.16. The number of carbonyl (C=O) groups excluding carboxylic acids is 1. The van der Waals surface area contributed by atoms with Crippen LogP contribution in [0.3, 0.4) is 0 Å². The number of likely N-dealkylation sites (tertiary alicyclic amines) is 1. The number of aromatic nitrogens is 1. The fraction of sp³-hybridized carbons (Fsp3) is 0.400.